The summed E-state index contributed by atoms with van der Waals surface area (Å²) >= 11 is 0. The van der Waals surface area contributed by atoms with Gasteiger partial charge in [-0.3, -0.25) is 18.9 Å². The van der Waals surface area contributed by atoms with E-state index in [4.69, 9.17) is 0 Å². The number of benzene rings is 1. The summed E-state index contributed by atoms with van der Waals surface area (Å²) in [5, 5.41) is 0. The molecule has 0 bridgehead atoms. The third kappa shape index (κ3) is 2.76. The van der Waals surface area contributed by atoms with Gasteiger partial charge in [-0.1, -0.05) is 30.3 Å². The lowest BCUT2D eigenvalue weighted by atomic mass is 9.99. The summed E-state index contributed by atoms with van der Waals surface area (Å²) in [6.45, 7) is 4.12. The highest BCUT2D eigenvalue weighted by Gasteiger charge is 2.20. The molecule has 0 saturated carbocycles. The first-order valence-electron chi connectivity index (χ1n) is 8.42. The van der Waals surface area contributed by atoms with E-state index in [1.165, 1.54) is 15.5 Å². The van der Waals surface area contributed by atoms with Crippen molar-refractivity contribution in [1.29, 1.82) is 0 Å². The SMILES string of the molecule is Cc1cccn2c(=O)c(C=O)c(CN3CCc4ccccc4C3)nc12. The van der Waals surface area contributed by atoms with Gasteiger partial charge in [0.25, 0.3) is 5.56 Å². The van der Waals surface area contributed by atoms with Crippen LogP contribution in [-0.2, 0) is 19.5 Å². The predicted molar refractivity (Wildman–Crippen MR) is 95.8 cm³/mol. The highest BCUT2D eigenvalue weighted by atomic mass is 16.1. The molecule has 0 aliphatic carbocycles. The first kappa shape index (κ1) is 15.7. The van der Waals surface area contributed by atoms with Gasteiger partial charge in [-0.15, -0.1) is 0 Å². The molecule has 5 nitrogen and oxygen atoms in total. The van der Waals surface area contributed by atoms with Gasteiger partial charge in [0.1, 0.15) is 11.2 Å². The first-order valence-corrected chi connectivity index (χ1v) is 8.42. The molecule has 1 aromatic carbocycles. The maximum Gasteiger partial charge on any atom is 0.268 e. The summed E-state index contributed by atoms with van der Waals surface area (Å²) in [6, 6.07) is 12.1. The van der Waals surface area contributed by atoms with Crippen molar-refractivity contribution in [2.45, 2.75) is 26.4 Å². The Morgan fingerprint density at radius 3 is 2.76 bits per heavy atom. The molecule has 1 aliphatic rings. The average Bonchev–Trinajstić information content (AvgIpc) is 2.63. The van der Waals surface area contributed by atoms with Crippen molar-refractivity contribution in [3.63, 3.8) is 0 Å². The van der Waals surface area contributed by atoms with Crippen LogP contribution in [0.15, 0.2) is 47.4 Å². The Labute approximate surface area is 145 Å². The van der Waals surface area contributed by atoms with Crippen LogP contribution in [-0.4, -0.2) is 27.1 Å². The fourth-order valence-corrected chi connectivity index (χ4v) is 3.50. The van der Waals surface area contributed by atoms with Crippen LogP contribution in [0.4, 0.5) is 0 Å². The van der Waals surface area contributed by atoms with E-state index < -0.39 is 0 Å². The number of carbonyl (C=O) groups is 1. The predicted octanol–water partition coefficient (Wildman–Crippen LogP) is 2.37. The third-order valence-corrected chi connectivity index (χ3v) is 4.86. The molecule has 0 saturated heterocycles. The molecule has 0 radical (unpaired) electrons. The van der Waals surface area contributed by atoms with Crippen LogP contribution in [0.25, 0.3) is 5.65 Å². The number of nitrogens with zero attached hydrogens (tertiary/aromatic N) is 3. The Morgan fingerprint density at radius 2 is 1.96 bits per heavy atom. The molecule has 0 atom stereocenters. The maximum atomic E-state index is 12.6. The Bertz CT molecular complexity index is 1020. The van der Waals surface area contributed by atoms with Gasteiger partial charge in [-0.05, 0) is 36.1 Å². The summed E-state index contributed by atoms with van der Waals surface area (Å²) in [5.74, 6) is 0. The molecule has 0 fully saturated rings. The van der Waals surface area contributed by atoms with E-state index in [2.05, 4.69) is 28.1 Å². The number of fused-ring (bicyclic) bond motifs is 2. The number of aryl methyl sites for hydroxylation is 1. The number of hydrogen-bond donors (Lipinski definition) is 0. The summed E-state index contributed by atoms with van der Waals surface area (Å²) < 4.78 is 1.45. The average molecular weight is 333 g/mol. The molecule has 0 unspecified atom stereocenters. The van der Waals surface area contributed by atoms with Crippen LogP contribution in [0.2, 0.25) is 0 Å². The fraction of sp³-hybridized carbons (Fsp3) is 0.250. The summed E-state index contributed by atoms with van der Waals surface area (Å²) in [6.07, 6.45) is 3.26. The normalized spacial score (nSPS) is 14.4. The van der Waals surface area contributed by atoms with Crippen LogP contribution in [0.3, 0.4) is 0 Å². The minimum Gasteiger partial charge on any atom is -0.298 e. The molecule has 0 spiro atoms. The molecule has 126 valence electrons. The third-order valence-electron chi connectivity index (χ3n) is 4.86. The van der Waals surface area contributed by atoms with E-state index in [1.807, 2.05) is 19.1 Å². The van der Waals surface area contributed by atoms with Gasteiger partial charge in [0, 0.05) is 25.8 Å². The zero-order valence-electron chi connectivity index (χ0n) is 14.1. The zero-order valence-corrected chi connectivity index (χ0v) is 14.1. The molecular weight excluding hydrogens is 314 g/mol. The second-order valence-electron chi connectivity index (χ2n) is 6.51. The quantitative estimate of drug-likeness (QED) is 0.691. The monoisotopic (exact) mass is 333 g/mol. The van der Waals surface area contributed by atoms with Crippen molar-refractivity contribution in [1.82, 2.24) is 14.3 Å². The number of hydrogen-bond acceptors (Lipinski definition) is 4. The Balaban J connectivity index is 1.73. The lowest BCUT2D eigenvalue weighted by Crippen LogP contribution is -2.32. The van der Waals surface area contributed by atoms with Crippen molar-refractivity contribution in [3.05, 3.63) is 80.9 Å². The Hall–Kier alpha value is -2.79. The molecule has 0 N–H and O–H groups in total. The minimum absolute atomic E-state index is 0.155. The largest absolute Gasteiger partial charge is 0.298 e. The van der Waals surface area contributed by atoms with Crippen molar-refractivity contribution in [2.24, 2.45) is 0 Å². The minimum atomic E-state index is -0.295. The van der Waals surface area contributed by atoms with Gasteiger partial charge in [0.15, 0.2) is 6.29 Å². The van der Waals surface area contributed by atoms with Gasteiger partial charge in [0.2, 0.25) is 0 Å². The van der Waals surface area contributed by atoms with E-state index >= 15 is 0 Å². The van der Waals surface area contributed by atoms with Crippen molar-refractivity contribution in [3.8, 4) is 0 Å². The molecular formula is C20H19N3O2. The van der Waals surface area contributed by atoms with Crippen LogP contribution in [0.1, 0.15) is 32.7 Å². The van der Waals surface area contributed by atoms with E-state index in [1.54, 1.807) is 12.3 Å². The molecule has 2 aromatic heterocycles. The summed E-state index contributed by atoms with van der Waals surface area (Å²) in [5.41, 5.74) is 4.63. The number of aromatic nitrogens is 2. The smallest absolute Gasteiger partial charge is 0.268 e. The molecule has 25 heavy (non-hydrogen) atoms. The Morgan fingerprint density at radius 1 is 1.16 bits per heavy atom. The van der Waals surface area contributed by atoms with Gasteiger partial charge in [-0.2, -0.15) is 0 Å². The van der Waals surface area contributed by atoms with Crippen molar-refractivity contribution in [2.75, 3.05) is 6.54 Å². The molecule has 1 aliphatic heterocycles. The first-order chi connectivity index (χ1) is 12.2. The molecule has 0 amide bonds. The van der Waals surface area contributed by atoms with Gasteiger partial charge in [0.05, 0.1) is 5.69 Å². The second-order valence-corrected chi connectivity index (χ2v) is 6.51. The lowest BCUT2D eigenvalue weighted by molar-refractivity contribution is 0.111. The lowest BCUT2D eigenvalue weighted by Gasteiger charge is -2.28. The van der Waals surface area contributed by atoms with Crippen LogP contribution < -0.4 is 5.56 Å². The highest BCUT2D eigenvalue weighted by Crippen LogP contribution is 2.20. The van der Waals surface area contributed by atoms with Crippen LogP contribution in [0.5, 0.6) is 0 Å². The number of pyridine rings is 1. The van der Waals surface area contributed by atoms with E-state index in [-0.39, 0.29) is 11.1 Å². The molecule has 5 heteroatoms. The van der Waals surface area contributed by atoms with Gasteiger partial charge >= 0.3 is 0 Å². The van der Waals surface area contributed by atoms with Gasteiger partial charge < -0.3 is 0 Å². The number of rotatable bonds is 3. The fourth-order valence-electron chi connectivity index (χ4n) is 3.50. The standard InChI is InChI=1S/C20H19N3O2/c1-14-5-4-9-23-19(14)21-18(17(13-24)20(23)25)12-22-10-8-15-6-2-3-7-16(15)11-22/h2-7,9,13H,8,10-12H2,1H3. The van der Waals surface area contributed by atoms with Crippen LogP contribution >= 0.6 is 0 Å². The summed E-state index contributed by atoms with van der Waals surface area (Å²) in [4.78, 5) is 31.1. The van der Waals surface area contributed by atoms with Crippen molar-refractivity contribution < 1.29 is 4.79 Å². The van der Waals surface area contributed by atoms with E-state index in [0.717, 1.165) is 25.1 Å². The second kappa shape index (κ2) is 6.26. The number of carbonyl (C=O) groups excluding carboxylic acids is 1. The van der Waals surface area contributed by atoms with Gasteiger partial charge in [-0.25, -0.2) is 4.98 Å². The molecule has 4 rings (SSSR count). The Kier molecular flexibility index (Phi) is 3.93. The van der Waals surface area contributed by atoms with E-state index in [9.17, 15) is 9.59 Å². The van der Waals surface area contributed by atoms with Crippen LogP contribution in [0, 0.1) is 6.92 Å². The topological polar surface area (TPSA) is 54.7 Å². The maximum absolute atomic E-state index is 12.6. The summed E-state index contributed by atoms with van der Waals surface area (Å²) in [7, 11) is 0. The zero-order chi connectivity index (χ0) is 17.4. The van der Waals surface area contributed by atoms with E-state index in [0.29, 0.717) is 24.2 Å². The molecule has 3 aromatic rings. The highest BCUT2D eigenvalue weighted by molar-refractivity contribution is 5.76. The van der Waals surface area contributed by atoms with Crippen molar-refractivity contribution >= 4 is 11.9 Å². The molecule has 3 heterocycles. The number of aldehydes is 1.